The number of rotatable bonds is 4. The summed E-state index contributed by atoms with van der Waals surface area (Å²) in [6.07, 6.45) is 7.88. The van der Waals surface area contributed by atoms with Gasteiger partial charge in [-0.25, -0.2) is 0 Å². The van der Waals surface area contributed by atoms with Crippen molar-refractivity contribution in [2.75, 3.05) is 33.2 Å². The molecule has 122 valence electrons. The SMILES string of the molecule is CNCC1CCCN(S(=O)(=O)N2CCCC3CCCC32)C1. The van der Waals surface area contributed by atoms with Gasteiger partial charge in [0.15, 0.2) is 0 Å². The molecule has 3 fully saturated rings. The molecule has 0 spiro atoms. The number of piperidine rings is 2. The maximum absolute atomic E-state index is 13.1. The Labute approximate surface area is 129 Å². The van der Waals surface area contributed by atoms with Crippen molar-refractivity contribution in [3.8, 4) is 0 Å². The van der Waals surface area contributed by atoms with Gasteiger partial charge < -0.3 is 5.32 Å². The monoisotopic (exact) mass is 315 g/mol. The van der Waals surface area contributed by atoms with E-state index < -0.39 is 10.2 Å². The second-order valence-electron chi connectivity index (χ2n) is 6.94. The summed E-state index contributed by atoms with van der Waals surface area (Å²) in [4.78, 5) is 0. The molecule has 1 aliphatic carbocycles. The van der Waals surface area contributed by atoms with Crippen LogP contribution in [0.3, 0.4) is 0 Å². The second-order valence-corrected chi connectivity index (χ2v) is 8.82. The molecule has 21 heavy (non-hydrogen) atoms. The molecular formula is C15H29N3O2S. The van der Waals surface area contributed by atoms with Gasteiger partial charge in [-0.05, 0) is 64.0 Å². The Morgan fingerprint density at radius 2 is 1.81 bits per heavy atom. The molecule has 6 heteroatoms. The van der Waals surface area contributed by atoms with Gasteiger partial charge in [0.1, 0.15) is 0 Å². The number of nitrogens with one attached hydrogen (secondary N) is 1. The molecule has 3 aliphatic rings. The third-order valence-corrected chi connectivity index (χ3v) is 7.57. The molecule has 2 aliphatic heterocycles. The first-order valence-electron chi connectivity index (χ1n) is 8.54. The van der Waals surface area contributed by atoms with Crippen molar-refractivity contribution >= 4 is 10.2 Å². The standard InChI is InChI=1S/C15H29N3O2S/c1-16-11-13-5-3-9-17(12-13)21(19,20)18-10-4-7-14-6-2-8-15(14)18/h13-16H,2-12H2,1H3. The number of nitrogens with zero attached hydrogens (tertiary/aromatic N) is 2. The van der Waals surface area contributed by atoms with E-state index in [0.29, 0.717) is 24.9 Å². The van der Waals surface area contributed by atoms with Crippen molar-refractivity contribution in [3.05, 3.63) is 0 Å². The van der Waals surface area contributed by atoms with Gasteiger partial charge in [0.05, 0.1) is 0 Å². The van der Waals surface area contributed by atoms with E-state index in [9.17, 15) is 8.42 Å². The van der Waals surface area contributed by atoms with Gasteiger partial charge in [-0.15, -0.1) is 0 Å². The van der Waals surface area contributed by atoms with Gasteiger partial charge in [-0.3, -0.25) is 0 Å². The summed E-state index contributed by atoms with van der Waals surface area (Å²) in [6.45, 7) is 3.04. The fourth-order valence-corrected chi connectivity index (χ4v) is 6.57. The minimum absolute atomic E-state index is 0.286. The molecule has 2 saturated heterocycles. The van der Waals surface area contributed by atoms with Crippen molar-refractivity contribution in [2.24, 2.45) is 11.8 Å². The van der Waals surface area contributed by atoms with Crippen LogP contribution >= 0.6 is 0 Å². The third-order valence-electron chi connectivity index (χ3n) is 5.54. The molecule has 5 nitrogen and oxygen atoms in total. The van der Waals surface area contributed by atoms with Crippen LogP contribution in [0.2, 0.25) is 0 Å². The van der Waals surface area contributed by atoms with Gasteiger partial charge >= 0.3 is 0 Å². The van der Waals surface area contributed by atoms with Crippen LogP contribution in [0, 0.1) is 11.8 Å². The molecule has 0 amide bonds. The Kier molecular flexibility index (Phi) is 4.88. The van der Waals surface area contributed by atoms with Gasteiger partial charge in [0.2, 0.25) is 0 Å². The molecule has 1 saturated carbocycles. The molecule has 3 unspecified atom stereocenters. The van der Waals surface area contributed by atoms with Gasteiger partial charge in [-0.2, -0.15) is 17.0 Å². The maximum Gasteiger partial charge on any atom is 0.282 e. The number of hydrogen-bond donors (Lipinski definition) is 1. The summed E-state index contributed by atoms with van der Waals surface area (Å²) in [6, 6.07) is 0.286. The molecule has 3 atom stereocenters. The van der Waals surface area contributed by atoms with Crippen molar-refractivity contribution in [2.45, 2.75) is 51.0 Å². The van der Waals surface area contributed by atoms with Crippen molar-refractivity contribution in [1.29, 1.82) is 0 Å². The van der Waals surface area contributed by atoms with E-state index in [1.54, 1.807) is 4.31 Å². The van der Waals surface area contributed by atoms with E-state index in [2.05, 4.69) is 5.32 Å². The Bertz CT molecular complexity index is 452. The minimum Gasteiger partial charge on any atom is -0.319 e. The van der Waals surface area contributed by atoms with Crippen LogP contribution in [0.4, 0.5) is 0 Å². The van der Waals surface area contributed by atoms with Crippen molar-refractivity contribution in [3.63, 3.8) is 0 Å². The summed E-state index contributed by atoms with van der Waals surface area (Å²) < 4.78 is 29.7. The predicted octanol–water partition coefficient (Wildman–Crippen LogP) is 1.43. The van der Waals surface area contributed by atoms with E-state index in [0.717, 1.165) is 38.8 Å². The summed E-state index contributed by atoms with van der Waals surface area (Å²) >= 11 is 0. The van der Waals surface area contributed by atoms with E-state index in [1.807, 2.05) is 11.4 Å². The average molecular weight is 315 g/mol. The van der Waals surface area contributed by atoms with E-state index in [4.69, 9.17) is 0 Å². The smallest absolute Gasteiger partial charge is 0.282 e. The van der Waals surface area contributed by atoms with E-state index >= 15 is 0 Å². The molecular weight excluding hydrogens is 286 g/mol. The van der Waals surface area contributed by atoms with E-state index in [1.165, 1.54) is 19.3 Å². The summed E-state index contributed by atoms with van der Waals surface area (Å²) in [7, 11) is -1.31. The summed E-state index contributed by atoms with van der Waals surface area (Å²) in [5.74, 6) is 1.08. The normalized spacial score (nSPS) is 35.8. The highest BCUT2D eigenvalue weighted by Crippen LogP contribution is 2.39. The minimum atomic E-state index is -3.25. The quantitative estimate of drug-likeness (QED) is 0.854. The molecule has 0 bridgehead atoms. The van der Waals surface area contributed by atoms with E-state index in [-0.39, 0.29) is 6.04 Å². The average Bonchev–Trinajstić information content (AvgIpc) is 2.96. The topological polar surface area (TPSA) is 52.7 Å². The Hall–Kier alpha value is -0.170. The lowest BCUT2D eigenvalue weighted by molar-refractivity contribution is 0.176. The zero-order valence-corrected chi connectivity index (χ0v) is 13.9. The largest absolute Gasteiger partial charge is 0.319 e. The molecule has 3 rings (SSSR count). The Morgan fingerprint density at radius 3 is 2.62 bits per heavy atom. The predicted molar refractivity (Wildman–Crippen MR) is 84.2 cm³/mol. The first-order chi connectivity index (χ1) is 10.1. The lowest BCUT2D eigenvalue weighted by Gasteiger charge is -2.41. The second kappa shape index (κ2) is 6.52. The Balaban J connectivity index is 1.73. The highest BCUT2D eigenvalue weighted by molar-refractivity contribution is 7.86. The first-order valence-corrected chi connectivity index (χ1v) is 9.94. The molecule has 0 aromatic heterocycles. The van der Waals surface area contributed by atoms with Crippen molar-refractivity contribution < 1.29 is 8.42 Å². The summed E-state index contributed by atoms with van der Waals surface area (Å²) in [5.41, 5.74) is 0. The van der Waals surface area contributed by atoms with Gasteiger partial charge in [-0.1, -0.05) is 6.42 Å². The highest BCUT2D eigenvalue weighted by Gasteiger charge is 2.43. The van der Waals surface area contributed by atoms with Crippen LogP contribution in [-0.4, -0.2) is 56.3 Å². The van der Waals surface area contributed by atoms with Crippen LogP contribution < -0.4 is 5.32 Å². The molecule has 2 heterocycles. The van der Waals surface area contributed by atoms with Crippen LogP contribution in [0.25, 0.3) is 0 Å². The zero-order valence-electron chi connectivity index (χ0n) is 13.1. The zero-order chi connectivity index (χ0) is 14.9. The van der Waals surface area contributed by atoms with Crippen LogP contribution in [0.15, 0.2) is 0 Å². The fourth-order valence-electron chi connectivity index (χ4n) is 4.53. The molecule has 1 N–H and O–H groups in total. The molecule has 0 aromatic carbocycles. The van der Waals surface area contributed by atoms with Crippen LogP contribution in [0.1, 0.15) is 44.9 Å². The molecule has 0 aromatic rings. The highest BCUT2D eigenvalue weighted by atomic mass is 32.2. The van der Waals surface area contributed by atoms with Gasteiger partial charge in [0, 0.05) is 25.7 Å². The lowest BCUT2D eigenvalue weighted by Crippen LogP contribution is -2.54. The van der Waals surface area contributed by atoms with Crippen LogP contribution in [-0.2, 0) is 10.2 Å². The van der Waals surface area contributed by atoms with Gasteiger partial charge in [0.25, 0.3) is 10.2 Å². The third kappa shape index (κ3) is 3.14. The number of fused-ring (bicyclic) bond motifs is 1. The number of hydrogen-bond acceptors (Lipinski definition) is 3. The van der Waals surface area contributed by atoms with Crippen molar-refractivity contribution in [1.82, 2.24) is 13.9 Å². The summed E-state index contributed by atoms with van der Waals surface area (Å²) in [5, 5.41) is 3.19. The maximum atomic E-state index is 13.1. The van der Waals surface area contributed by atoms with Crippen LogP contribution in [0.5, 0.6) is 0 Å². The fraction of sp³-hybridized carbons (Fsp3) is 1.00. The first kappa shape index (κ1) is 15.7. The lowest BCUT2D eigenvalue weighted by atomic mass is 9.94. The Morgan fingerprint density at radius 1 is 1.05 bits per heavy atom. The molecule has 0 radical (unpaired) electrons.